The van der Waals surface area contributed by atoms with E-state index in [1.54, 1.807) is 54.6 Å². The Morgan fingerprint density at radius 3 is 2.44 bits per heavy atom. The molecule has 2 heterocycles. The third-order valence-electron chi connectivity index (χ3n) is 5.19. The van der Waals surface area contributed by atoms with Gasteiger partial charge in [0.05, 0.1) is 12.0 Å². The molecule has 0 bridgehead atoms. The Morgan fingerprint density at radius 2 is 1.65 bits per heavy atom. The topological polar surface area (TPSA) is 86.7 Å². The zero-order valence-corrected chi connectivity index (χ0v) is 19.7. The molecule has 0 unspecified atom stereocenters. The van der Waals surface area contributed by atoms with Crippen LogP contribution in [0.4, 0.5) is 0 Å². The van der Waals surface area contributed by atoms with Crippen LogP contribution in [0.3, 0.4) is 0 Å². The van der Waals surface area contributed by atoms with Gasteiger partial charge in [0.15, 0.2) is 0 Å². The van der Waals surface area contributed by atoms with Crippen molar-refractivity contribution in [2.24, 2.45) is 0 Å². The Morgan fingerprint density at radius 1 is 0.853 bits per heavy atom. The highest BCUT2D eigenvalue weighted by molar-refractivity contribution is 9.10. The van der Waals surface area contributed by atoms with Gasteiger partial charge in [-0.15, -0.1) is 0 Å². The van der Waals surface area contributed by atoms with Crippen LogP contribution in [0, 0.1) is 0 Å². The highest BCUT2D eigenvalue weighted by atomic mass is 79.9. The van der Waals surface area contributed by atoms with Crippen LogP contribution in [-0.4, -0.2) is 5.97 Å². The van der Waals surface area contributed by atoms with E-state index in [1.165, 1.54) is 12.1 Å². The molecule has 0 radical (unpaired) electrons. The molecule has 6 nitrogen and oxygen atoms in total. The van der Waals surface area contributed by atoms with Gasteiger partial charge in [0.2, 0.25) is 0 Å². The molecule has 0 saturated heterocycles. The normalized spacial score (nSPS) is 11.1. The van der Waals surface area contributed by atoms with Crippen LogP contribution >= 0.6 is 27.5 Å². The quantitative estimate of drug-likeness (QED) is 0.156. The van der Waals surface area contributed by atoms with Crippen molar-refractivity contribution in [3.8, 4) is 16.9 Å². The third-order valence-corrected chi connectivity index (χ3v) is 5.94. The van der Waals surface area contributed by atoms with Gasteiger partial charge in [-0.2, -0.15) is 0 Å². The number of halogens is 2. The molecule has 0 saturated carbocycles. The van der Waals surface area contributed by atoms with E-state index >= 15 is 0 Å². The summed E-state index contributed by atoms with van der Waals surface area (Å²) in [5.41, 5.74) is 0.698. The molecule has 0 atom stereocenters. The van der Waals surface area contributed by atoms with Gasteiger partial charge in [0, 0.05) is 38.0 Å². The van der Waals surface area contributed by atoms with Gasteiger partial charge >= 0.3 is 17.2 Å². The van der Waals surface area contributed by atoms with Crippen molar-refractivity contribution >= 4 is 55.4 Å². The molecule has 168 valence electrons. The lowest BCUT2D eigenvalue weighted by Crippen LogP contribution is -2.11. The molecule has 0 aliphatic rings. The van der Waals surface area contributed by atoms with Crippen molar-refractivity contribution in [1.82, 2.24) is 0 Å². The number of benzene rings is 3. The standard InChI is InChI=1S/C26H14BrClO6/c27-16-3-8-22-15(10-16)11-21(26(31)34-22)20-13-25(30)33-23-12-18(6-7-19(20)23)32-24(29)9-14-1-4-17(28)5-2-14/h1-8,10-13H,9H2. The summed E-state index contributed by atoms with van der Waals surface area (Å²) in [6.45, 7) is 0. The fourth-order valence-corrected chi connectivity index (χ4v) is 4.15. The Bertz CT molecular complexity index is 1680. The highest BCUT2D eigenvalue weighted by Gasteiger charge is 2.15. The van der Waals surface area contributed by atoms with Gasteiger partial charge in [0.1, 0.15) is 16.9 Å². The SMILES string of the molecule is O=C(Cc1ccc(Cl)cc1)Oc1ccc2c(-c3cc4cc(Br)ccc4oc3=O)cc(=O)oc2c1. The summed E-state index contributed by atoms with van der Waals surface area (Å²) in [7, 11) is 0. The first-order valence-corrected chi connectivity index (χ1v) is 11.3. The number of hydrogen-bond donors (Lipinski definition) is 0. The average molecular weight is 538 g/mol. The van der Waals surface area contributed by atoms with Crippen LogP contribution in [0.1, 0.15) is 5.56 Å². The van der Waals surface area contributed by atoms with Gasteiger partial charge in [-0.1, -0.05) is 39.7 Å². The van der Waals surface area contributed by atoms with E-state index < -0.39 is 17.2 Å². The maximum atomic E-state index is 12.7. The van der Waals surface area contributed by atoms with Crippen LogP contribution in [0.25, 0.3) is 33.1 Å². The number of ether oxygens (including phenoxy) is 1. The number of fused-ring (bicyclic) bond motifs is 2. The van der Waals surface area contributed by atoms with E-state index in [2.05, 4.69) is 15.9 Å². The number of carbonyl (C=O) groups is 1. The lowest BCUT2D eigenvalue weighted by Gasteiger charge is -2.08. The van der Waals surface area contributed by atoms with Crippen molar-refractivity contribution in [3.63, 3.8) is 0 Å². The Kier molecular flexibility index (Phi) is 5.81. The van der Waals surface area contributed by atoms with E-state index in [0.717, 1.165) is 10.0 Å². The van der Waals surface area contributed by atoms with E-state index in [9.17, 15) is 14.4 Å². The van der Waals surface area contributed by atoms with E-state index in [1.807, 2.05) is 6.07 Å². The van der Waals surface area contributed by atoms with E-state index in [0.29, 0.717) is 26.9 Å². The molecule has 8 heteroatoms. The molecule has 0 spiro atoms. The number of carbonyl (C=O) groups excluding carboxylic acids is 1. The number of rotatable bonds is 4. The van der Waals surface area contributed by atoms with Crippen molar-refractivity contribution in [1.29, 1.82) is 0 Å². The largest absolute Gasteiger partial charge is 0.426 e. The van der Waals surface area contributed by atoms with Crippen LogP contribution < -0.4 is 16.0 Å². The Hall–Kier alpha value is -3.68. The molecule has 0 aliphatic carbocycles. The molecule has 34 heavy (non-hydrogen) atoms. The summed E-state index contributed by atoms with van der Waals surface area (Å²) in [6.07, 6.45) is 0.0485. The van der Waals surface area contributed by atoms with Gasteiger partial charge in [0.25, 0.3) is 0 Å². The number of hydrogen-bond acceptors (Lipinski definition) is 6. The zero-order valence-electron chi connectivity index (χ0n) is 17.3. The fourth-order valence-electron chi connectivity index (χ4n) is 3.65. The molecule has 5 aromatic rings. The molecule has 2 aromatic heterocycles. The predicted molar refractivity (Wildman–Crippen MR) is 132 cm³/mol. The first-order valence-electron chi connectivity index (χ1n) is 10.1. The number of esters is 1. The second-order valence-corrected chi connectivity index (χ2v) is 8.90. The Balaban J connectivity index is 1.52. The monoisotopic (exact) mass is 536 g/mol. The van der Waals surface area contributed by atoms with Gasteiger partial charge in [-0.3, -0.25) is 4.79 Å². The van der Waals surface area contributed by atoms with E-state index in [-0.39, 0.29) is 23.3 Å². The van der Waals surface area contributed by atoms with Crippen LogP contribution in [-0.2, 0) is 11.2 Å². The van der Waals surface area contributed by atoms with Crippen LogP contribution in [0.15, 0.2) is 95.7 Å². The first-order chi connectivity index (χ1) is 16.4. The second-order valence-electron chi connectivity index (χ2n) is 7.54. The second kappa shape index (κ2) is 8.93. The van der Waals surface area contributed by atoms with Crippen LogP contribution in [0.2, 0.25) is 5.02 Å². The fraction of sp³-hybridized carbons (Fsp3) is 0.0385. The van der Waals surface area contributed by atoms with Gasteiger partial charge < -0.3 is 13.6 Å². The molecule has 0 amide bonds. The zero-order chi connectivity index (χ0) is 23.8. The highest BCUT2D eigenvalue weighted by Crippen LogP contribution is 2.30. The molecular weight excluding hydrogens is 524 g/mol. The minimum Gasteiger partial charge on any atom is -0.426 e. The van der Waals surface area contributed by atoms with Crippen molar-refractivity contribution in [2.45, 2.75) is 6.42 Å². The average Bonchev–Trinajstić information content (AvgIpc) is 2.79. The summed E-state index contributed by atoms with van der Waals surface area (Å²) >= 11 is 9.27. The van der Waals surface area contributed by atoms with Gasteiger partial charge in [-0.05, 0) is 54.1 Å². The summed E-state index contributed by atoms with van der Waals surface area (Å²) in [5, 5.41) is 1.77. The molecular formula is C26H14BrClO6. The minimum atomic E-state index is -0.652. The van der Waals surface area contributed by atoms with E-state index in [4.69, 9.17) is 25.2 Å². The van der Waals surface area contributed by atoms with Gasteiger partial charge in [-0.25, -0.2) is 9.59 Å². The summed E-state index contributed by atoms with van der Waals surface area (Å²) in [6, 6.07) is 19.7. The van der Waals surface area contributed by atoms with Crippen molar-refractivity contribution in [2.75, 3.05) is 0 Å². The van der Waals surface area contributed by atoms with Crippen molar-refractivity contribution in [3.05, 3.63) is 109 Å². The third kappa shape index (κ3) is 4.53. The Labute approximate surface area is 205 Å². The molecule has 0 aliphatic heterocycles. The molecule has 0 N–H and O–H groups in total. The minimum absolute atomic E-state index is 0.0485. The maximum absolute atomic E-state index is 12.7. The maximum Gasteiger partial charge on any atom is 0.344 e. The summed E-state index contributed by atoms with van der Waals surface area (Å²) in [4.78, 5) is 37.3. The first kappa shape index (κ1) is 22.1. The summed E-state index contributed by atoms with van der Waals surface area (Å²) in [5.74, 6) is -0.276. The lowest BCUT2D eigenvalue weighted by molar-refractivity contribution is -0.133. The van der Waals surface area contributed by atoms with Crippen molar-refractivity contribution < 1.29 is 18.4 Å². The molecule has 5 rings (SSSR count). The molecule has 0 fully saturated rings. The summed E-state index contributed by atoms with van der Waals surface area (Å²) < 4.78 is 17.0. The molecule has 3 aromatic carbocycles. The smallest absolute Gasteiger partial charge is 0.344 e. The lowest BCUT2D eigenvalue weighted by atomic mass is 10.0. The predicted octanol–water partition coefficient (Wildman–Crippen LogP) is 6.13. The van der Waals surface area contributed by atoms with Crippen LogP contribution in [0.5, 0.6) is 5.75 Å².